The first-order valence-corrected chi connectivity index (χ1v) is 6.05. The van der Waals surface area contributed by atoms with Gasteiger partial charge in [-0.25, -0.2) is 9.37 Å². The van der Waals surface area contributed by atoms with Crippen LogP contribution >= 0.6 is 15.9 Å². The van der Waals surface area contributed by atoms with E-state index < -0.39 is 0 Å². The van der Waals surface area contributed by atoms with Crippen LogP contribution in [0.15, 0.2) is 41.1 Å². The summed E-state index contributed by atoms with van der Waals surface area (Å²) in [7, 11) is 0. The predicted molar refractivity (Wildman–Crippen MR) is 70.4 cm³/mol. The van der Waals surface area contributed by atoms with E-state index in [1.54, 1.807) is 12.3 Å². The van der Waals surface area contributed by atoms with Crippen molar-refractivity contribution in [3.05, 3.63) is 58.1 Å². The average Bonchev–Trinajstić information content (AvgIpc) is 2.32. The minimum atomic E-state index is -0.192. The maximum Gasteiger partial charge on any atom is 0.129 e. The Balaban J connectivity index is 2.12. The van der Waals surface area contributed by atoms with Gasteiger partial charge in [-0.05, 0) is 41.1 Å². The molecule has 2 aromatic rings. The van der Waals surface area contributed by atoms with Crippen LogP contribution in [0, 0.1) is 12.7 Å². The molecule has 0 radical (unpaired) electrons. The number of aromatic nitrogens is 1. The van der Waals surface area contributed by atoms with Crippen molar-refractivity contribution in [1.82, 2.24) is 4.98 Å². The first-order valence-electron chi connectivity index (χ1n) is 5.26. The summed E-state index contributed by atoms with van der Waals surface area (Å²) in [6, 6.07) is 8.82. The van der Waals surface area contributed by atoms with Crippen LogP contribution in [0.4, 0.5) is 10.1 Å². The lowest BCUT2D eigenvalue weighted by molar-refractivity contribution is 0.612. The smallest absolute Gasteiger partial charge is 0.129 e. The summed E-state index contributed by atoms with van der Waals surface area (Å²) >= 11 is 3.34. The molecule has 88 valence electrons. The Labute approximate surface area is 108 Å². The molecule has 2 nitrogen and oxygen atoms in total. The van der Waals surface area contributed by atoms with Crippen LogP contribution in [0.1, 0.15) is 11.1 Å². The molecule has 0 amide bonds. The fourth-order valence-electron chi connectivity index (χ4n) is 1.55. The molecule has 1 N–H and O–H groups in total. The zero-order valence-corrected chi connectivity index (χ0v) is 11.0. The van der Waals surface area contributed by atoms with Crippen LogP contribution in [0.5, 0.6) is 0 Å². The number of nitrogens with zero attached hydrogens (tertiary/aromatic N) is 1. The topological polar surface area (TPSA) is 24.9 Å². The molecular weight excluding hydrogens is 283 g/mol. The van der Waals surface area contributed by atoms with Crippen LogP contribution < -0.4 is 5.32 Å². The molecule has 0 bridgehead atoms. The number of nitrogens with one attached hydrogen (secondary N) is 1. The quantitative estimate of drug-likeness (QED) is 0.869. The Morgan fingerprint density at radius 1 is 1.35 bits per heavy atom. The molecule has 0 aliphatic carbocycles. The minimum Gasteiger partial charge on any atom is -0.379 e. The Hall–Kier alpha value is -1.42. The molecular formula is C13H12BrFN2. The van der Waals surface area contributed by atoms with Gasteiger partial charge in [-0.2, -0.15) is 0 Å². The third kappa shape index (κ3) is 3.03. The SMILES string of the molecule is Cc1ccc(F)c(CNc2cccnc2Br)c1. The molecule has 4 heteroatoms. The van der Waals surface area contributed by atoms with Crippen molar-refractivity contribution >= 4 is 21.6 Å². The van der Waals surface area contributed by atoms with Gasteiger partial charge in [0.25, 0.3) is 0 Å². The summed E-state index contributed by atoms with van der Waals surface area (Å²) in [6.07, 6.45) is 1.70. The molecule has 0 spiro atoms. The van der Waals surface area contributed by atoms with Gasteiger partial charge in [0.2, 0.25) is 0 Å². The van der Waals surface area contributed by atoms with Crippen molar-refractivity contribution in [3.8, 4) is 0 Å². The fraction of sp³-hybridized carbons (Fsp3) is 0.154. The summed E-state index contributed by atoms with van der Waals surface area (Å²) in [5.74, 6) is -0.192. The van der Waals surface area contributed by atoms with E-state index in [-0.39, 0.29) is 5.82 Å². The normalized spacial score (nSPS) is 10.3. The van der Waals surface area contributed by atoms with Gasteiger partial charge < -0.3 is 5.32 Å². The second-order valence-corrected chi connectivity index (χ2v) is 4.54. The number of hydrogen-bond acceptors (Lipinski definition) is 2. The van der Waals surface area contributed by atoms with Crippen molar-refractivity contribution < 1.29 is 4.39 Å². The number of benzene rings is 1. The summed E-state index contributed by atoms with van der Waals surface area (Å²) < 4.78 is 14.2. The monoisotopic (exact) mass is 294 g/mol. The third-order valence-electron chi connectivity index (χ3n) is 2.43. The maximum absolute atomic E-state index is 13.5. The number of pyridine rings is 1. The van der Waals surface area contributed by atoms with E-state index >= 15 is 0 Å². The Kier molecular flexibility index (Phi) is 3.74. The third-order valence-corrected chi connectivity index (χ3v) is 3.06. The number of rotatable bonds is 3. The van der Waals surface area contributed by atoms with Crippen molar-refractivity contribution in [2.75, 3.05) is 5.32 Å². The van der Waals surface area contributed by atoms with Crippen LogP contribution in [0.2, 0.25) is 0 Å². The lowest BCUT2D eigenvalue weighted by Crippen LogP contribution is -2.03. The van der Waals surface area contributed by atoms with Gasteiger partial charge in [-0.3, -0.25) is 0 Å². The average molecular weight is 295 g/mol. The molecule has 0 saturated carbocycles. The largest absolute Gasteiger partial charge is 0.379 e. The zero-order chi connectivity index (χ0) is 12.3. The minimum absolute atomic E-state index is 0.192. The van der Waals surface area contributed by atoms with E-state index in [1.165, 1.54) is 6.07 Å². The highest BCUT2D eigenvalue weighted by Gasteiger charge is 2.04. The molecule has 0 unspecified atom stereocenters. The molecule has 1 heterocycles. The lowest BCUT2D eigenvalue weighted by Gasteiger charge is -2.09. The van der Waals surface area contributed by atoms with Gasteiger partial charge in [-0.1, -0.05) is 17.7 Å². The first-order chi connectivity index (χ1) is 8.16. The van der Waals surface area contributed by atoms with Crippen molar-refractivity contribution in [2.24, 2.45) is 0 Å². The van der Waals surface area contributed by atoms with Gasteiger partial charge in [0.05, 0.1) is 5.69 Å². The number of anilines is 1. The number of aryl methyl sites for hydroxylation is 1. The van der Waals surface area contributed by atoms with Gasteiger partial charge in [0.15, 0.2) is 0 Å². The van der Waals surface area contributed by atoms with Crippen LogP contribution in [0.25, 0.3) is 0 Å². The molecule has 0 aliphatic heterocycles. The first kappa shape index (κ1) is 12.0. The van der Waals surface area contributed by atoms with Crippen molar-refractivity contribution in [3.63, 3.8) is 0 Å². The highest BCUT2D eigenvalue weighted by Crippen LogP contribution is 2.20. The van der Waals surface area contributed by atoms with Gasteiger partial charge in [0, 0.05) is 18.3 Å². The van der Waals surface area contributed by atoms with E-state index in [9.17, 15) is 4.39 Å². The Bertz CT molecular complexity index is 529. The molecule has 17 heavy (non-hydrogen) atoms. The molecule has 2 rings (SSSR count). The van der Waals surface area contributed by atoms with Crippen LogP contribution in [0.3, 0.4) is 0 Å². The summed E-state index contributed by atoms with van der Waals surface area (Å²) in [5.41, 5.74) is 2.56. The molecule has 1 aromatic heterocycles. The van der Waals surface area contributed by atoms with Crippen LogP contribution in [-0.4, -0.2) is 4.98 Å². The second-order valence-electron chi connectivity index (χ2n) is 3.79. The molecule has 0 fully saturated rings. The van der Waals surface area contributed by atoms with Crippen LogP contribution in [-0.2, 0) is 6.54 Å². The van der Waals surface area contributed by atoms with Gasteiger partial charge in [0.1, 0.15) is 10.4 Å². The summed E-state index contributed by atoms with van der Waals surface area (Å²) in [6.45, 7) is 2.39. The maximum atomic E-state index is 13.5. The molecule has 0 saturated heterocycles. The van der Waals surface area contributed by atoms with Crippen molar-refractivity contribution in [2.45, 2.75) is 13.5 Å². The fourth-order valence-corrected chi connectivity index (χ4v) is 1.94. The standard InChI is InChI=1S/C13H12BrFN2/c1-9-4-5-11(15)10(7-9)8-17-12-3-2-6-16-13(12)14/h2-7,17H,8H2,1H3. The molecule has 1 aromatic carbocycles. The summed E-state index contributed by atoms with van der Waals surface area (Å²) in [5, 5.41) is 3.15. The Morgan fingerprint density at radius 3 is 2.94 bits per heavy atom. The number of hydrogen-bond donors (Lipinski definition) is 1. The predicted octanol–water partition coefficient (Wildman–Crippen LogP) is 3.90. The van der Waals surface area contributed by atoms with Gasteiger partial charge in [-0.15, -0.1) is 0 Å². The summed E-state index contributed by atoms with van der Waals surface area (Å²) in [4.78, 5) is 4.09. The second kappa shape index (κ2) is 5.27. The van der Waals surface area contributed by atoms with E-state index in [0.29, 0.717) is 12.1 Å². The van der Waals surface area contributed by atoms with E-state index in [1.807, 2.05) is 25.1 Å². The molecule has 0 atom stereocenters. The van der Waals surface area contributed by atoms with Crippen molar-refractivity contribution in [1.29, 1.82) is 0 Å². The zero-order valence-electron chi connectivity index (χ0n) is 9.37. The highest BCUT2D eigenvalue weighted by molar-refractivity contribution is 9.10. The highest BCUT2D eigenvalue weighted by atomic mass is 79.9. The molecule has 0 aliphatic rings. The Morgan fingerprint density at radius 2 is 2.18 bits per heavy atom. The van der Waals surface area contributed by atoms with E-state index in [2.05, 4.69) is 26.2 Å². The van der Waals surface area contributed by atoms with Gasteiger partial charge >= 0.3 is 0 Å². The lowest BCUT2D eigenvalue weighted by atomic mass is 10.1. The van der Waals surface area contributed by atoms with E-state index in [0.717, 1.165) is 15.9 Å². The number of halogens is 2. The van der Waals surface area contributed by atoms with E-state index in [4.69, 9.17) is 0 Å².